The molecule has 1 aliphatic heterocycles. The second-order valence-corrected chi connectivity index (χ2v) is 6.85. The summed E-state index contributed by atoms with van der Waals surface area (Å²) in [6.07, 6.45) is 0. The molecule has 0 aromatic heterocycles. The first-order chi connectivity index (χ1) is 13.2. The van der Waals surface area contributed by atoms with E-state index < -0.39 is 0 Å². The zero-order chi connectivity index (χ0) is 19.3. The molecular weight excluding hydrogens is 465 g/mol. The van der Waals surface area contributed by atoms with E-state index in [1.54, 1.807) is 0 Å². The highest BCUT2D eigenvalue weighted by molar-refractivity contribution is 14.0. The van der Waals surface area contributed by atoms with Gasteiger partial charge in [-0.1, -0.05) is 38.1 Å². The van der Waals surface area contributed by atoms with Crippen molar-refractivity contribution in [1.29, 1.82) is 0 Å². The summed E-state index contributed by atoms with van der Waals surface area (Å²) in [5.41, 5.74) is 2.60. The Hall–Kier alpha value is -0.900. The highest BCUT2D eigenvalue weighted by Gasteiger charge is 2.09. The largest absolute Gasteiger partial charge is 0.379 e. The fourth-order valence-corrected chi connectivity index (χ4v) is 3.12. The Balaban J connectivity index is 0.00000392. The first kappa shape index (κ1) is 25.1. The molecule has 160 valence electrons. The minimum atomic E-state index is 0. The number of guanidine groups is 1. The molecule has 0 radical (unpaired) electrons. The van der Waals surface area contributed by atoms with E-state index in [-0.39, 0.29) is 24.0 Å². The van der Waals surface area contributed by atoms with Gasteiger partial charge in [-0.15, -0.1) is 24.0 Å². The summed E-state index contributed by atoms with van der Waals surface area (Å²) in [6.45, 7) is 16.9. The third-order valence-corrected chi connectivity index (χ3v) is 4.91. The van der Waals surface area contributed by atoms with Crippen molar-refractivity contribution in [3.05, 3.63) is 35.4 Å². The number of hydrogen-bond acceptors (Lipinski definition) is 4. The van der Waals surface area contributed by atoms with Gasteiger partial charge in [-0.3, -0.25) is 9.80 Å². The molecule has 1 fully saturated rings. The van der Waals surface area contributed by atoms with Crippen LogP contribution in [0.4, 0.5) is 0 Å². The lowest BCUT2D eigenvalue weighted by Gasteiger charge is -2.26. The molecule has 0 amide bonds. The molecule has 1 heterocycles. The van der Waals surface area contributed by atoms with Crippen molar-refractivity contribution in [2.24, 2.45) is 4.99 Å². The van der Waals surface area contributed by atoms with Gasteiger partial charge in [0.05, 0.1) is 19.8 Å². The Labute approximate surface area is 188 Å². The third kappa shape index (κ3) is 9.54. The van der Waals surface area contributed by atoms with Gasteiger partial charge in [-0.05, 0) is 31.1 Å². The van der Waals surface area contributed by atoms with Crippen LogP contribution < -0.4 is 10.6 Å². The molecule has 6 nitrogen and oxygen atoms in total. The van der Waals surface area contributed by atoms with E-state index in [9.17, 15) is 0 Å². The van der Waals surface area contributed by atoms with Crippen LogP contribution in [0.1, 0.15) is 31.9 Å². The first-order valence-corrected chi connectivity index (χ1v) is 10.4. The van der Waals surface area contributed by atoms with E-state index in [0.29, 0.717) is 6.54 Å². The van der Waals surface area contributed by atoms with Gasteiger partial charge in [-0.25, -0.2) is 4.99 Å². The van der Waals surface area contributed by atoms with Crippen molar-refractivity contribution in [3.63, 3.8) is 0 Å². The Morgan fingerprint density at radius 2 is 1.68 bits per heavy atom. The lowest BCUT2D eigenvalue weighted by Crippen LogP contribution is -2.44. The molecule has 0 aliphatic carbocycles. The van der Waals surface area contributed by atoms with Crippen molar-refractivity contribution in [2.75, 3.05) is 59.0 Å². The van der Waals surface area contributed by atoms with E-state index in [2.05, 4.69) is 65.5 Å². The minimum Gasteiger partial charge on any atom is -0.379 e. The van der Waals surface area contributed by atoms with Crippen LogP contribution in [0.3, 0.4) is 0 Å². The van der Waals surface area contributed by atoms with Crippen LogP contribution in [-0.2, 0) is 17.8 Å². The number of nitrogens with one attached hydrogen (secondary N) is 2. The van der Waals surface area contributed by atoms with Gasteiger partial charge in [-0.2, -0.15) is 0 Å². The summed E-state index contributed by atoms with van der Waals surface area (Å²) in [4.78, 5) is 9.58. The maximum Gasteiger partial charge on any atom is 0.191 e. The molecule has 0 atom stereocenters. The average molecular weight is 503 g/mol. The van der Waals surface area contributed by atoms with Crippen LogP contribution in [0.25, 0.3) is 0 Å². The van der Waals surface area contributed by atoms with Gasteiger partial charge in [0.2, 0.25) is 0 Å². The normalized spacial score (nSPS) is 15.4. The third-order valence-electron chi connectivity index (χ3n) is 4.91. The predicted molar refractivity (Wildman–Crippen MR) is 129 cm³/mol. The van der Waals surface area contributed by atoms with Crippen LogP contribution in [0.2, 0.25) is 0 Å². The van der Waals surface area contributed by atoms with E-state index in [0.717, 1.165) is 71.5 Å². The first-order valence-electron chi connectivity index (χ1n) is 10.4. The maximum atomic E-state index is 5.39. The summed E-state index contributed by atoms with van der Waals surface area (Å²) in [5, 5.41) is 6.77. The molecule has 0 spiro atoms. The molecule has 2 rings (SSSR count). The van der Waals surface area contributed by atoms with Crippen LogP contribution in [0.15, 0.2) is 29.3 Å². The summed E-state index contributed by atoms with van der Waals surface area (Å²) >= 11 is 0. The van der Waals surface area contributed by atoms with Crippen LogP contribution in [-0.4, -0.2) is 74.8 Å². The monoisotopic (exact) mass is 503 g/mol. The molecule has 28 heavy (non-hydrogen) atoms. The van der Waals surface area contributed by atoms with Crippen molar-refractivity contribution in [1.82, 2.24) is 20.4 Å². The van der Waals surface area contributed by atoms with Crippen molar-refractivity contribution >= 4 is 29.9 Å². The molecular formula is C21H38IN5O. The smallest absolute Gasteiger partial charge is 0.191 e. The molecule has 0 bridgehead atoms. The van der Waals surface area contributed by atoms with E-state index in [4.69, 9.17) is 9.73 Å². The average Bonchev–Trinajstić information content (AvgIpc) is 2.72. The number of nitrogens with zero attached hydrogens (tertiary/aromatic N) is 3. The van der Waals surface area contributed by atoms with Crippen LogP contribution >= 0.6 is 24.0 Å². The Morgan fingerprint density at radius 3 is 2.29 bits per heavy atom. The number of halogens is 1. The van der Waals surface area contributed by atoms with E-state index in [1.165, 1.54) is 11.1 Å². The second kappa shape index (κ2) is 15.0. The Bertz CT molecular complexity index is 542. The summed E-state index contributed by atoms with van der Waals surface area (Å²) in [7, 11) is 0. The number of aliphatic imine (C=N–C) groups is 1. The number of morpholine rings is 1. The molecule has 0 saturated carbocycles. The van der Waals surface area contributed by atoms with Crippen LogP contribution in [0, 0.1) is 0 Å². The molecule has 1 aromatic rings. The van der Waals surface area contributed by atoms with Crippen molar-refractivity contribution in [3.8, 4) is 0 Å². The molecule has 0 unspecified atom stereocenters. The standard InChI is InChI=1S/C21H37N5O.HI/c1-4-22-21(23-11-12-26-13-15-27-16-14-26)24-17-19-7-9-20(10-8-19)18-25(5-2)6-3;/h7-10H,4-6,11-18H2,1-3H3,(H2,22,23,24);1H. The molecule has 7 heteroatoms. The Kier molecular flexibility index (Phi) is 13.5. The fraction of sp³-hybridized carbons (Fsp3) is 0.667. The van der Waals surface area contributed by atoms with Gasteiger partial charge in [0.15, 0.2) is 5.96 Å². The quantitative estimate of drug-likeness (QED) is 0.292. The molecule has 1 aromatic carbocycles. The minimum absolute atomic E-state index is 0. The molecule has 1 saturated heterocycles. The summed E-state index contributed by atoms with van der Waals surface area (Å²) in [6, 6.07) is 8.84. The highest BCUT2D eigenvalue weighted by Crippen LogP contribution is 2.08. The van der Waals surface area contributed by atoms with Crippen LogP contribution in [0.5, 0.6) is 0 Å². The zero-order valence-electron chi connectivity index (χ0n) is 17.7. The van der Waals surface area contributed by atoms with E-state index >= 15 is 0 Å². The van der Waals surface area contributed by atoms with Crippen molar-refractivity contribution in [2.45, 2.75) is 33.9 Å². The van der Waals surface area contributed by atoms with Gasteiger partial charge in [0.25, 0.3) is 0 Å². The van der Waals surface area contributed by atoms with E-state index in [1.807, 2.05) is 0 Å². The second-order valence-electron chi connectivity index (χ2n) is 6.85. The SMILES string of the molecule is CCNC(=NCc1ccc(CN(CC)CC)cc1)NCCN1CCOCC1.I. The zero-order valence-corrected chi connectivity index (χ0v) is 20.1. The highest BCUT2D eigenvalue weighted by atomic mass is 127. The topological polar surface area (TPSA) is 52.1 Å². The summed E-state index contributed by atoms with van der Waals surface area (Å²) in [5.74, 6) is 0.887. The summed E-state index contributed by atoms with van der Waals surface area (Å²) < 4.78 is 5.39. The number of hydrogen-bond donors (Lipinski definition) is 2. The predicted octanol–water partition coefficient (Wildman–Crippen LogP) is 2.53. The van der Waals surface area contributed by atoms with Crippen molar-refractivity contribution < 1.29 is 4.74 Å². The van der Waals surface area contributed by atoms with Gasteiger partial charge < -0.3 is 15.4 Å². The lowest BCUT2D eigenvalue weighted by atomic mass is 10.1. The van der Waals surface area contributed by atoms with Gasteiger partial charge in [0.1, 0.15) is 0 Å². The lowest BCUT2D eigenvalue weighted by molar-refractivity contribution is 0.0389. The number of ether oxygens (including phenoxy) is 1. The number of rotatable bonds is 10. The number of benzene rings is 1. The van der Waals surface area contributed by atoms with Gasteiger partial charge >= 0.3 is 0 Å². The Morgan fingerprint density at radius 1 is 1.04 bits per heavy atom. The fourth-order valence-electron chi connectivity index (χ4n) is 3.12. The maximum absolute atomic E-state index is 5.39. The molecule has 2 N–H and O–H groups in total. The van der Waals surface area contributed by atoms with Gasteiger partial charge in [0, 0.05) is 39.3 Å². The molecule has 1 aliphatic rings.